The fourth-order valence-corrected chi connectivity index (χ4v) is 2.29. The average Bonchev–Trinajstić information content (AvgIpc) is 2.74. The van der Waals surface area contributed by atoms with Crippen molar-refractivity contribution in [3.05, 3.63) is 58.6 Å². The molecule has 3 heteroatoms. The summed E-state index contributed by atoms with van der Waals surface area (Å²) in [6.45, 7) is 4.62. The lowest BCUT2D eigenvalue weighted by atomic mass is 10.0. The van der Waals surface area contributed by atoms with Crippen LogP contribution in [0.1, 0.15) is 12.5 Å². The van der Waals surface area contributed by atoms with E-state index in [4.69, 9.17) is 4.42 Å². The summed E-state index contributed by atoms with van der Waals surface area (Å²) in [7, 11) is 0. The molecule has 0 atom stereocenters. The number of nitrogens with zero attached hydrogens (tertiary/aromatic N) is 1. The van der Waals surface area contributed by atoms with Crippen molar-refractivity contribution in [3.63, 3.8) is 0 Å². The third-order valence-electron chi connectivity index (χ3n) is 3.37. The largest absolute Gasteiger partial charge is 0.419 e. The maximum Gasteiger partial charge on any atom is 0.419 e. The van der Waals surface area contributed by atoms with E-state index in [1.54, 1.807) is 4.57 Å². The van der Waals surface area contributed by atoms with Crippen molar-refractivity contribution >= 4 is 11.1 Å². The standard InChI is InChI=1S/C16H15NO2/c1-3-17-14-10-13(8-9-15(14)19-16(17)18)12-6-4-11(2)5-7-12/h4-10H,3H2,1-2H3. The average molecular weight is 253 g/mol. The molecule has 0 aliphatic heterocycles. The summed E-state index contributed by atoms with van der Waals surface area (Å²) < 4.78 is 6.85. The smallest absolute Gasteiger partial charge is 0.408 e. The van der Waals surface area contributed by atoms with Crippen LogP contribution in [-0.4, -0.2) is 4.57 Å². The number of hydrogen-bond donors (Lipinski definition) is 0. The van der Waals surface area contributed by atoms with E-state index in [2.05, 4.69) is 31.2 Å². The lowest BCUT2D eigenvalue weighted by molar-refractivity contribution is 0.513. The minimum atomic E-state index is -0.293. The van der Waals surface area contributed by atoms with Gasteiger partial charge in [0.1, 0.15) is 0 Å². The van der Waals surface area contributed by atoms with E-state index >= 15 is 0 Å². The normalized spacial score (nSPS) is 11.1. The van der Waals surface area contributed by atoms with Crippen LogP contribution in [0.25, 0.3) is 22.2 Å². The molecule has 1 aromatic heterocycles. The van der Waals surface area contributed by atoms with Gasteiger partial charge in [0.05, 0.1) is 5.52 Å². The van der Waals surface area contributed by atoms with E-state index in [1.807, 2.05) is 25.1 Å². The van der Waals surface area contributed by atoms with Gasteiger partial charge in [-0.15, -0.1) is 0 Å². The van der Waals surface area contributed by atoms with Gasteiger partial charge in [0, 0.05) is 6.54 Å². The highest BCUT2D eigenvalue weighted by Crippen LogP contribution is 2.24. The Bertz CT molecular complexity index is 779. The van der Waals surface area contributed by atoms with E-state index in [9.17, 15) is 4.79 Å². The van der Waals surface area contributed by atoms with Crippen molar-refractivity contribution in [1.29, 1.82) is 0 Å². The Morgan fingerprint density at radius 2 is 1.74 bits per heavy atom. The monoisotopic (exact) mass is 253 g/mol. The molecule has 0 aliphatic carbocycles. The maximum atomic E-state index is 11.7. The summed E-state index contributed by atoms with van der Waals surface area (Å²) in [6.07, 6.45) is 0. The van der Waals surface area contributed by atoms with Crippen LogP contribution in [0.3, 0.4) is 0 Å². The molecule has 3 rings (SSSR count). The molecule has 3 nitrogen and oxygen atoms in total. The number of hydrogen-bond acceptors (Lipinski definition) is 2. The van der Waals surface area contributed by atoms with Gasteiger partial charge in [0.25, 0.3) is 0 Å². The van der Waals surface area contributed by atoms with Gasteiger partial charge in [-0.25, -0.2) is 4.79 Å². The first kappa shape index (κ1) is 11.8. The van der Waals surface area contributed by atoms with Gasteiger partial charge in [-0.3, -0.25) is 4.57 Å². The van der Waals surface area contributed by atoms with Crippen LogP contribution in [0.5, 0.6) is 0 Å². The van der Waals surface area contributed by atoms with Crippen molar-refractivity contribution in [2.75, 3.05) is 0 Å². The van der Waals surface area contributed by atoms with Crippen molar-refractivity contribution in [1.82, 2.24) is 4.57 Å². The van der Waals surface area contributed by atoms with Crippen LogP contribution in [0.15, 0.2) is 51.7 Å². The van der Waals surface area contributed by atoms with Gasteiger partial charge in [-0.1, -0.05) is 35.9 Å². The zero-order valence-electron chi connectivity index (χ0n) is 11.0. The number of aryl methyl sites for hydroxylation is 2. The van der Waals surface area contributed by atoms with E-state index in [1.165, 1.54) is 5.56 Å². The summed E-state index contributed by atoms with van der Waals surface area (Å²) in [5.74, 6) is -0.293. The highest BCUT2D eigenvalue weighted by molar-refractivity contribution is 5.80. The van der Waals surface area contributed by atoms with E-state index in [0.717, 1.165) is 16.6 Å². The molecule has 3 aromatic rings. The Labute approximate surface area is 111 Å². The SMILES string of the molecule is CCn1c(=O)oc2ccc(-c3ccc(C)cc3)cc21. The topological polar surface area (TPSA) is 35.1 Å². The van der Waals surface area contributed by atoms with Crippen molar-refractivity contribution in [3.8, 4) is 11.1 Å². The lowest BCUT2D eigenvalue weighted by Crippen LogP contribution is -2.11. The van der Waals surface area contributed by atoms with Crippen molar-refractivity contribution < 1.29 is 4.42 Å². The van der Waals surface area contributed by atoms with Crippen molar-refractivity contribution in [2.24, 2.45) is 0 Å². The Hall–Kier alpha value is -2.29. The fourth-order valence-electron chi connectivity index (χ4n) is 2.29. The van der Waals surface area contributed by atoms with Gasteiger partial charge in [0.2, 0.25) is 0 Å². The predicted octanol–water partition coefficient (Wildman–Crippen LogP) is 3.59. The second kappa shape index (κ2) is 4.43. The first-order valence-electron chi connectivity index (χ1n) is 6.39. The Morgan fingerprint density at radius 3 is 2.42 bits per heavy atom. The number of benzene rings is 2. The highest BCUT2D eigenvalue weighted by Gasteiger charge is 2.08. The molecule has 0 N–H and O–H groups in total. The highest BCUT2D eigenvalue weighted by atomic mass is 16.4. The van der Waals surface area contributed by atoms with Crippen LogP contribution < -0.4 is 5.76 Å². The number of fused-ring (bicyclic) bond motifs is 1. The van der Waals surface area contributed by atoms with Gasteiger partial charge in [-0.2, -0.15) is 0 Å². The summed E-state index contributed by atoms with van der Waals surface area (Å²) in [6, 6.07) is 14.2. The van der Waals surface area contributed by atoms with Gasteiger partial charge in [-0.05, 0) is 37.1 Å². The van der Waals surface area contributed by atoms with E-state index in [-0.39, 0.29) is 5.76 Å². The molecule has 0 saturated carbocycles. The Morgan fingerprint density at radius 1 is 1.05 bits per heavy atom. The molecule has 0 aliphatic rings. The minimum Gasteiger partial charge on any atom is -0.408 e. The summed E-state index contributed by atoms with van der Waals surface area (Å²) in [5.41, 5.74) is 4.96. The third kappa shape index (κ3) is 1.97. The van der Waals surface area contributed by atoms with Gasteiger partial charge in [0.15, 0.2) is 5.58 Å². The third-order valence-corrected chi connectivity index (χ3v) is 3.37. The molecular weight excluding hydrogens is 238 g/mol. The molecule has 2 aromatic carbocycles. The first-order chi connectivity index (χ1) is 9.19. The molecule has 0 unspecified atom stereocenters. The molecule has 0 spiro atoms. The minimum absolute atomic E-state index is 0.293. The Balaban J connectivity index is 2.20. The molecule has 0 saturated heterocycles. The maximum absolute atomic E-state index is 11.7. The summed E-state index contributed by atoms with van der Waals surface area (Å²) in [5, 5.41) is 0. The number of rotatable bonds is 2. The van der Waals surface area contributed by atoms with Crippen LogP contribution in [-0.2, 0) is 6.54 Å². The van der Waals surface area contributed by atoms with Gasteiger partial charge >= 0.3 is 5.76 Å². The second-order valence-electron chi connectivity index (χ2n) is 4.66. The van der Waals surface area contributed by atoms with E-state index in [0.29, 0.717) is 12.1 Å². The molecule has 19 heavy (non-hydrogen) atoms. The number of oxazole rings is 1. The van der Waals surface area contributed by atoms with Crippen LogP contribution >= 0.6 is 0 Å². The van der Waals surface area contributed by atoms with Gasteiger partial charge < -0.3 is 4.42 Å². The van der Waals surface area contributed by atoms with Crippen LogP contribution in [0.2, 0.25) is 0 Å². The molecule has 0 amide bonds. The summed E-state index contributed by atoms with van der Waals surface area (Å²) >= 11 is 0. The zero-order chi connectivity index (χ0) is 13.4. The van der Waals surface area contributed by atoms with Crippen LogP contribution in [0.4, 0.5) is 0 Å². The quantitative estimate of drug-likeness (QED) is 0.699. The fraction of sp³-hybridized carbons (Fsp3) is 0.188. The summed E-state index contributed by atoms with van der Waals surface area (Å²) in [4.78, 5) is 11.7. The second-order valence-corrected chi connectivity index (χ2v) is 4.66. The first-order valence-corrected chi connectivity index (χ1v) is 6.39. The van der Waals surface area contributed by atoms with E-state index < -0.39 is 0 Å². The van der Waals surface area contributed by atoms with Crippen molar-refractivity contribution in [2.45, 2.75) is 20.4 Å². The Kier molecular flexibility index (Phi) is 2.75. The molecule has 0 radical (unpaired) electrons. The zero-order valence-corrected chi connectivity index (χ0v) is 11.0. The molecule has 1 heterocycles. The molecular formula is C16H15NO2. The predicted molar refractivity (Wildman–Crippen MR) is 76.3 cm³/mol. The molecule has 0 bridgehead atoms. The lowest BCUT2D eigenvalue weighted by Gasteiger charge is -2.03. The molecule has 96 valence electrons. The number of aromatic nitrogens is 1. The van der Waals surface area contributed by atoms with Crippen LogP contribution in [0, 0.1) is 6.92 Å². The molecule has 0 fully saturated rings.